The lowest BCUT2D eigenvalue weighted by Crippen LogP contribution is -2.29. The number of carbonyl (C=O) groups is 1. The first-order valence-corrected chi connectivity index (χ1v) is 4.08. The molecule has 1 aromatic rings. The van der Waals surface area contributed by atoms with E-state index in [1.807, 2.05) is 0 Å². The zero-order chi connectivity index (χ0) is 10.9. The van der Waals surface area contributed by atoms with Crippen molar-refractivity contribution in [2.45, 2.75) is 19.3 Å². The van der Waals surface area contributed by atoms with Gasteiger partial charge in [0, 0.05) is 5.56 Å². The highest BCUT2D eigenvalue weighted by Crippen LogP contribution is 2.28. The molecule has 0 atom stereocenters. The number of benzene rings is 1. The van der Waals surface area contributed by atoms with Gasteiger partial charge in [-0.25, -0.2) is 4.39 Å². The topological polar surface area (TPSA) is 57.5 Å². The van der Waals surface area contributed by atoms with E-state index < -0.39 is 17.2 Å². The molecule has 1 aromatic carbocycles. The van der Waals surface area contributed by atoms with Gasteiger partial charge in [0.2, 0.25) is 0 Å². The van der Waals surface area contributed by atoms with Crippen LogP contribution in [-0.2, 0) is 10.2 Å². The zero-order valence-electron chi connectivity index (χ0n) is 7.91. The van der Waals surface area contributed by atoms with Gasteiger partial charge in [0.15, 0.2) is 0 Å². The molecule has 4 heteroatoms. The van der Waals surface area contributed by atoms with Gasteiger partial charge in [-0.05, 0) is 32.0 Å². The number of phenols is 1. The fourth-order valence-electron chi connectivity index (χ4n) is 1.11. The first-order valence-electron chi connectivity index (χ1n) is 4.08. The van der Waals surface area contributed by atoms with E-state index in [-0.39, 0.29) is 11.3 Å². The third-order valence-corrected chi connectivity index (χ3v) is 2.16. The molecule has 1 rings (SSSR count). The van der Waals surface area contributed by atoms with Gasteiger partial charge in [-0.3, -0.25) is 4.79 Å². The van der Waals surface area contributed by atoms with E-state index in [1.165, 1.54) is 19.9 Å². The van der Waals surface area contributed by atoms with Gasteiger partial charge in [0.25, 0.3) is 0 Å². The summed E-state index contributed by atoms with van der Waals surface area (Å²) in [4.78, 5) is 10.8. The molecule has 0 heterocycles. The van der Waals surface area contributed by atoms with Gasteiger partial charge < -0.3 is 10.2 Å². The highest BCUT2D eigenvalue weighted by Gasteiger charge is 2.32. The summed E-state index contributed by atoms with van der Waals surface area (Å²) < 4.78 is 13.3. The minimum Gasteiger partial charge on any atom is -0.508 e. The maximum atomic E-state index is 13.3. The summed E-state index contributed by atoms with van der Waals surface area (Å²) in [6, 6.07) is 3.36. The summed E-state index contributed by atoms with van der Waals surface area (Å²) in [5.41, 5.74) is -1.37. The zero-order valence-corrected chi connectivity index (χ0v) is 7.91. The number of aromatic hydroxyl groups is 1. The number of phenolic OH excluding ortho intramolecular Hbond substituents is 1. The van der Waals surface area contributed by atoms with Crippen molar-refractivity contribution in [3.63, 3.8) is 0 Å². The average Bonchev–Trinajstić information content (AvgIpc) is 2.08. The molecule has 0 aromatic heterocycles. The van der Waals surface area contributed by atoms with Gasteiger partial charge in [-0.1, -0.05) is 0 Å². The predicted octanol–water partition coefficient (Wildman–Crippen LogP) is 1.89. The van der Waals surface area contributed by atoms with Crippen molar-refractivity contribution in [3.8, 4) is 5.75 Å². The Labute approximate surface area is 80.8 Å². The summed E-state index contributed by atoms with van der Waals surface area (Å²) in [6.07, 6.45) is 0. The Morgan fingerprint density at radius 2 is 2.00 bits per heavy atom. The molecule has 0 unspecified atom stereocenters. The first kappa shape index (κ1) is 10.5. The molecular weight excluding hydrogens is 187 g/mol. The maximum Gasteiger partial charge on any atom is 0.313 e. The van der Waals surface area contributed by atoms with E-state index in [9.17, 15) is 9.18 Å². The number of carboxylic acid groups (broad SMARTS) is 1. The van der Waals surface area contributed by atoms with Crippen molar-refractivity contribution in [1.29, 1.82) is 0 Å². The highest BCUT2D eigenvalue weighted by molar-refractivity contribution is 5.80. The van der Waals surface area contributed by atoms with Gasteiger partial charge in [-0.15, -0.1) is 0 Å². The van der Waals surface area contributed by atoms with Gasteiger partial charge in [0.05, 0.1) is 5.41 Å². The Morgan fingerprint density at radius 3 is 2.50 bits per heavy atom. The van der Waals surface area contributed by atoms with Crippen LogP contribution >= 0.6 is 0 Å². The lowest BCUT2D eigenvalue weighted by atomic mass is 9.84. The number of hydrogen-bond donors (Lipinski definition) is 2. The molecule has 14 heavy (non-hydrogen) atoms. The van der Waals surface area contributed by atoms with E-state index in [0.29, 0.717) is 0 Å². The monoisotopic (exact) mass is 198 g/mol. The van der Waals surface area contributed by atoms with Gasteiger partial charge in [-0.2, -0.15) is 0 Å². The fourth-order valence-corrected chi connectivity index (χ4v) is 1.11. The standard InChI is InChI=1S/C10H11FO3/c1-10(2,9(13)14)7-5-6(12)3-4-8(7)11/h3-5,12H,1-2H3,(H,13,14). The van der Waals surface area contributed by atoms with Crippen molar-refractivity contribution in [2.75, 3.05) is 0 Å². The predicted molar refractivity (Wildman–Crippen MR) is 48.7 cm³/mol. The summed E-state index contributed by atoms with van der Waals surface area (Å²) >= 11 is 0. The van der Waals surface area contributed by atoms with Crippen LogP contribution in [0, 0.1) is 5.82 Å². The van der Waals surface area contributed by atoms with Crippen molar-refractivity contribution in [3.05, 3.63) is 29.6 Å². The molecule has 0 amide bonds. The van der Waals surface area contributed by atoms with Crippen LogP contribution in [0.2, 0.25) is 0 Å². The first-order chi connectivity index (χ1) is 6.35. The van der Waals surface area contributed by atoms with Crippen LogP contribution < -0.4 is 0 Å². The molecule has 0 bridgehead atoms. The van der Waals surface area contributed by atoms with E-state index >= 15 is 0 Å². The molecule has 76 valence electrons. The molecule has 0 aliphatic rings. The Morgan fingerprint density at radius 1 is 1.43 bits per heavy atom. The van der Waals surface area contributed by atoms with E-state index in [4.69, 9.17) is 10.2 Å². The summed E-state index contributed by atoms with van der Waals surface area (Å²) in [7, 11) is 0. The highest BCUT2D eigenvalue weighted by atomic mass is 19.1. The van der Waals surface area contributed by atoms with Crippen LogP contribution in [-0.4, -0.2) is 16.2 Å². The second-order valence-corrected chi connectivity index (χ2v) is 3.59. The minimum atomic E-state index is -1.34. The summed E-state index contributed by atoms with van der Waals surface area (Å²) in [5, 5.41) is 18.0. The molecule has 0 spiro atoms. The summed E-state index contributed by atoms with van der Waals surface area (Å²) in [5.74, 6) is -1.91. The number of aliphatic carboxylic acids is 1. The van der Waals surface area contributed by atoms with Crippen molar-refractivity contribution >= 4 is 5.97 Å². The quantitative estimate of drug-likeness (QED) is 0.762. The van der Waals surface area contributed by atoms with Crippen LogP contribution in [0.4, 0.5) is 4.39 Å². The molecular formula is C10H11FO3. The Balaban J connectivity index is 3.31. The number of rotatable bonds is 2. The SMILES string of the molecule is CC(C)(C(=O)O)c1cc(O)ccc1F. The third kappa shape index (κ3) is 1.69. The molecule has 0 aliphatic heterocycles. The molecule has 0 fully saturated rings. The molecule has 0 radical (unpaired) electrons. The number of hydrogen-bond acceptors (Lipinski definition) is 2. The number of carboxylic acids is 1. The molecule has 2 N–H and O–H groups in total. The minimum absolute atomic E-state index is 0.0231. The fraction of sp³-hybridized carbons (Fsp3) is 0.300. The van der Waals surface area contributed by atoms with Gasteiger partial charge >= 0.3 is 5.97 Å². The van der Waals surface area contributed by atoms with E-state index in [2.05, 4.69) is 0 Å². The Kier molecular flexibility index (Phi) is 2.47. The van der Waals surface area contributed by atoms with Crippen LogP contribution in [0.5, 0.6) is 5.75 Å². The molecule has 0 saturated carbocycles. The van der Waals surface area contributed by atoms with Gasteiger partial charge in [0.1, 0.15) is 11.6 Å². The second kappa shape index (κ2) is 3.29. The van der Waals surface area contributed by atoms with Crippen molar-refractivity contribution in [1.82, 2.24) is 0 Å². The molecule has 0 aliphatic carbocycles. The third-order valence-electron chi connectivity index (χ3n) is 2.16. The van der Waals surface area contributed by atoms with E-state index in [0.717, 1.165) is 12.1 Å². The molecule has 3 nitrogen and oxygen atoms in total. The molecule has 0 saturated heterocycles. The van der Waals surface area contributed by atoms with Crippen molar-refractivity contribution < 1.29 is 19.4 Å². The van der Waals surface area contributed by atoms with Crippen LogP contribution in [0.25, 0.3) is 0 Å². The van der Waals surface area contributed by atoms with Crippen molar-refractivity contribution in [2.24, 2.45) is 0 Å². The smallest absolute Gasteiger partial charge is 0.313 e. The van der Waals surface area contributed by atoms with Crippen LogP contribution in [0.15, 0.2) is 18.2 Å². The lowest BCUT2D eigenvalue weighted by Gasteiger charge is -2.20. The normalized spacial score (nSPS) is 11.4. The second-order valence-electron chi connectivity index (χ2n) is 3.59. The van der Waals surface area contributed by atoms with Crippen LogP contribution in [0.3, 0.4) is 0 Å². The Hall–Kier alpha value is -1.58. The average molecular weight is 198 g/mol. The van der Waals surface area contributed by atoms with Crippen LogP contribution in [0.1, 0.15) is 19.4 Å². The number of halogens is 1. The Bertz CT molecular complexity index is 372. The largest absolute Gasteiger partial charge is 0.508 e. The lowest BCUT2D eigenvalue weighted by molar-refractivity contribution is -0.142. The summed E-state index contributed by atoms with van der Waals surface area (Å²) in [6.45, 7) is 2.76. The van der Waals surface area contributed by atoms with E-state index in [1.54, 1.807) is 0 Å². The maximum absolute atomic E-state index is 13.3.